The fourth-order valence-electron chi connectivity index (χ4n) is 2.43. The number of nitrogens with two attached hydrogens (primary N) is 1. The van der Waals surface area contributed by atoms with Crippen LogP contribution in [0.2, 0.25) is 0 Å². The summed E-state index contributed by atoms with van der Waals surface area (Å²) in [6.07, 6.45) is 4.77. The molecule has 0 spiro atoms. The van der Waals surface area contributed by atoms with Gasteiger partial charge < -0.3 is 15.2 Å². The molecule has 5 heteroatoms. The maximum Gasteiger partial charge on any atom is 0.259 e. The molecule has 0 saturated heterocycles. The van der Waals surface area contributed by atoms with E-state index in [1.807, 2.05) is 0 Å². The van der Waals surface area contributed by atoms with Gasteiger partial charge in [0.15, 0.2) is 0 Å². The van der Waals surface area contributed by atoms with Gasteiger partial charge in [0.05, 0.1) is 10.9 Å². The molecule has 0 atom stereocenters. The molecule has 0 unspecified atom stereocenters. The number of nitrogen functional groups attached to an aromatic ring is 1. The Morgan fingerprint density at radius 1 is 1.32 bits per heavy atom. The molecular formula is C17H19N3O2. The molecule has 114 valence electrons. The number of rotatable bonds is 5. The fraction of sp³-hybridized carbons (Fsp3) is 0.176. The molecule has 0 aliphatic heterocycles. The van der Waals surface area contributed by atoms with Gasteiger partial charge in [-0.25, -0.2) is 0 Å². The van der Waals surface area contributed by atoms with Crippen molar-refractivity contribution in [2.75, 3.05) is 18.8 Å². The molecule has 0 saturated carbocycles. The average Bonchev–Trinajstić information content (AvgIpc) is 2.50. The summed E-state index contributed by atoms with van der Waals surface area (Å²) in [7, 11) is 1.78. The van der Waals surface area contributed by atoms with E-state index in [4.69, 9.17) is 5.73 Å². The van der Waals surface area contributed by atoms with E-state index in [0.717, 1.165) is 0 Å². The van der Waals surface area contributed by atoms with Crippen molar-refractivity contribution in [3.8, 4) is 0 Å². The van der Waals surface area contributed by atoms with Crippen LogP contribution in [0.1, 0.15) is 10.4 Å². The first kappa shape index (κ1) is 15.6. The molecule has 1 heterocycles. The van der Waals surface area contributed by atoms with Crippen LogP contribution >= 0.6 is 0 Å². The Kier molecular flexibility index (Phi) is 4.46. The predicted molar refractivity (Wildman–Crippen MR) is 89.9 cm³/mol. The number of amides is 1. The summed E-state index contributed by atoms with van der Waals surface area (Å²) < 4.78 is 1.74. The van der Waals surface area contributed by atoms with Crippen LogP contribution in [0.5, 0.6) is 0 Å². The number of hydrogen-bond donors (Lipinski definition) is 1. The third-order valence-corrected chi connectivity index (χ3v) is 3.47. The molecule has 0 aliphatic rings. The zero-order chi connectivity index (χ0) is 16.3. The largest absolute Gasteiger partial charge is 0.398 e. The van der Waals surface area contributed by atoms with Gasteiger partial charge in [0.1, 0.15) is 5.56 Å². The number of aromatic nitrogens is 1. The molecule has 2 aromatic rings. The van der Waals surface area contributed by atoms with Crippen molar-refractivity contribution in [2.45, 2.75) is 0 Å². The number of fused-ring (bicyclic) bond motifs is 1. The lowest BCUT2D eigenvalue weighted by Gasteiger charge is -2.20. The average molecular weight is 297 g/mol. The predicted octanol–water partition coefficient (Wildman–Crippen LogP) is 1.93. The highest BCUT2D eigenvalue weighted by Crippen LogP contribution is 2.18. The summed E-state index contributed by atoms with van der Waals surface area (Å²) in [6.45, 7) is 7.95. The van der Waals surface area contributed by atoms with Gasteiger partial charge in [0.2, 0.25) is 5.43 Å². The number of aryl methyl sites for hydroxylation is 1. The zero-order valence-electron chi connectivity index (χ0n) is 12.6. The van der Waals surface area contributed by atoms with E-state index in [1.54, 1.807) is 48.2 Å². The van der Waals surface area contributed by atoms with Crippen molar-refractivity contribution in [2.24, 2.45) is 7.05 Å². The van der Waals surface area contributed by atoms with Crippen LogP contribution in [0.4, 0.5) is 5.69 Å². The minimum absolute atomic E-state index is 0.0941. The summed E-state index contributed by atoms with van der Waals surface area (Å²) in [4.78, 5) is 26.8. The van der Waals surface area contributed by atoms with E-state index < -0.39 is 0 Å². The molecule has 5 nitrogen and oxygen atoms in total. The molecule has 0 radical (unpaired) electrons. The van der Waals surface area contributed by atoms with Crippen LogP contribution in [0.15, 0.2) is 54.5 Å². The Morgan fingerprint density at radius 2 is 1.95 bits per heavy atom. The van der Waals surface area contributed by atoms with Gasteiger partial charge in [0.25, 0.3) is 5.91 Å². The topological polar surface area (TPSA) is 68.3 Å². The maximum absolute atomic E-state index is 12.7. The van der Waals surface area contributed by atoms with E-state index in [0.29, 0.717) is 29.7 Å². The molecule has 1 amide bonds. The molecular weight excluding hydrogens is 278 g/mol. The summed E-state index contributed by atoms with van der Waals surface area (Å²) in [5, 5.41) is 0.369. The van der Waals surface area contributed by atoms with Crippen molar-refractivity contribution in [1.82, 2.24) is 9.47 Å². The highest BCUT2D eigenvalue weighted by Gasteiger charge is 2.20. The fourth-order valence-corrected chi connectivity index (χ4v) is 2.43. The first-order valence-electron chi connectivity index (χ1n) is 6.90. The van der Waals surface area contributed by atoms with Gasteiger partial charge in [0, 0.05) is 32.0 Å². The number of carbonyl (C=O) groups excluding carboxylic acids is 1. The number of carbonyl (C=O) groups is 1. The second kappa shape index (κ2) is 6.30. The van der Waals surface area contributed by atoms with E-state index in [9.17, 15) is 9.59 Å². The third-order valence-electron chi connectivity index (χ3n) is 3.47. The van der Waals surface area contributed by atoms with E-state index in [-0.39, 0.29) is 16.9 Å². The minimum Gasteiger partial charge on any atom is -0.398 e. The molecule has 0 aliphatic carbocycles. The summed E-state index contributed by atoms with van der Waals surface area (Å²) >= 11 is 0. The molecule has 0 fully saturated rings. The monoisotopic (exact) mass is 297 g/mol. The lowest BCUT2D eigenvalue weighted by Crippen LogP contribution is -2.35. The zero-order valence-corrected chi connectivity index (χ0v) is 12.6. The second-order valence-corrected chi connectivity index (χ2v) is 5.01. The number of nitrogens with zero attached hydrogens (tertiary/aromatic N) is 2. The van der Waals surface area contributed by atoms with Gasteiger partial charge in [-0.3, -0.25) is 9.59 Å². The van der Waals surface area contributed by atoms with Crippen LogP contribution in [-0.4, -0.2) is 28.5 Å². The SMILES string of the molecule is C=CCN(CC=C)C(=O)c1cn(C)c2cccc(N)c2c1=O. The van der Waals surface area contributed by atoms with Crippen molar-refractivity contribution in [3.05, 3.63) is 65.5 Å². The van der Waals surface area contributed by atoms with Crippen molar-refractivity contribution >= 4 is 22.5 Å². The van der Waals surface area contributed by atoms with Crippen LogP contribution in [-0.2, 0) is 7.05 Å². The highest BCUT2D eigenvalue weighted by molar-refractivity contribution is 6.00. The minimum atomic E-state index is -0.356. The van der Waals surface area contributed by atoms with Crippen LogP contribution in [0.25, 0.3) is 10.9 Å². The van der Waals surface area contributed by atoms with E-state index in [2.05, 4.69) is 13.2 Å². The Balaban J connectivity index is 2.66. The van der Waals surface area contributed by atoms with Gasteiger partial charge >= 0.3 is 0 Å². The summed E-state index contributed by atoms with van der Waals surface area (Å²) in [6, 6.07) is 5.23. The van der Waals surface area contributed by atoms with Gasteiger partial charge in [-0.15, -0.1) is 13.2 Å². The summed E-state index contributed by atoms with van der Waals surface area (Å²) in [5.74, 6) is -0.356. The molecule has 1 aromatic carbocycles. The van der Waals surface area contributed by atoms with Crippen LogP contribution in [0, 0.1) is 0 Å². The van der Waals surface area contributed by atoms with Crippen molar-refractivity contribution in [1.29, 1.82) is 0 Å². The van der Waals surface area contributed by atoms with Gasteiger partial charge in [-0.1, -0.05) is 18.2 Å². The normalized spacial score (nSPS) is 10.4. The molecule has 1 aromatic heterocycles. The lowest BCUT2D eigenvalue weighted by atomic mass is 10.1. The standard InChI is InChI=1S/C17H19N3O2/c1-4-9-20(10-5-2)17(22)12-11-19(3)14-8-6-7-13(18)15(14)16(12)21/h4-8,11H,1-2,9-10,18H2,3H3. The molecule has 2 N–H and O–H groups in total. The Labute approximate surface area is 129 Å². The molecule has 0 bridgehead atoms. The lowest BCUT2D eigenvalue weighted by molar-refractivity contribution is 0.0789. The van der Waals surface area contributed by atoms with Crippen molar-refractivity contribution < 1.29 is 4.79 Å². The number of benzene rings is 1. The smallest absolute Gasteiger partial charge is 0.259 e. The van der Waals surface area contributed by atoms with Crippen molar-refractivity contribution in [3.63, 3.8) is 0 Å². The first-order valence-corrected chi connectivity index (χ1v) is 6.90. The number of hydrogen-bond acceptors (Lipinski definition) is 3. The number of anilines is 1. The molecule has 2 rings (SSSR count). The van der Waals surface area contributed by atoms with E-state index >= 15 is 0 Å². The maximum atomic E-state index is 12.7. The molecule has 22 heavy (non-hydrogen) atoms. The first-order chi connectivity index (χ1) is 10.5. The third kappa shape index (κ3) is 2.65. The van der Waals surface area contributed by atoms with E-state index in [1.165, 1.54) is 4.90 Å². The quantitative estimate of drug-likeness (QED) is 0.677. The Bertz CT molecular complexity index is 795. The van der Waals surface area contributed by atoms with Crippen LogP contribution in [0.3, 0.4) is 0 Å². The Hall–Kier alpha value is -2.82. The summed E-state index contributed by atoms with van der Waals surface area (Å²) in [5.41, 5.74) is 6.72. The van der Waals surface area contributed by atoms with Gasteiger partial charge in [-0.2, -0.15) is 0 Å². The Morgan fingerprint density at radius 3 is 2.55 bits per heavy atom. The highest BCUT2D eigenvalue weighted by atomic mass is 16.2. The van der Waals surface area contributed by atoms with Crippen LogP contribution < -0.4 is 11.2 Å². The number of pyridine rings is 1. The van der Waals surface area contributed by atoms with Gasteiger partial charge in [-0.05, 0) is 12.1 Å². The second-order valence-electron chi connectivity index (χ2n) is 5.01.